The summed E-state index contributed by atoms with van der Waals surface area (Å²) in [7, 11) is 0. The zero-order chi connectivity index (χ0) is 12.4. The highest BCUT2D eigenvalue weighted by Crippen LogP contribution is 2.25. The van der Waals surface area contributed by atoms with Gasteiger partial charge in [0.05, 0.1) is 15.6 Å². The van der Waals surface area contributed by atoms with Crippen molar-refractivity contribution in [2.24, 2.45) is 0 Å². The molecule has 0 bridgehead atoms. The number of rotatable bonds is 2. The van der Waals surface area contributed by atoms with Crippen LogP contribution in [0.15, 0.2) is 34.5 Å². The van der Waals surface area contributed by atoms with Gasteiger partial charge in [0.15, 0.2) is 0 Å². The fourth-order valence-corrected chi connectivity index (χ4v) is 3.17. The van der Waals surface area contributed by atoms with Crippen molar-refractivity contribution >= 4 is 69.8 Å². The summed E-state index contributed by atoms with van der Waals surface area (Å²) >= 11 is 13.7. The lowest BCUT2D eigenvalue weighted by Gasteiger charge is -2.06. The second kappa shape index (κ2) is 5.60. The highest BCUT2D eigenvalue weighted by molar-refractivity contribution is 14.1. The molecule has 0 saturated heterocycles. The Balaban J connectivity index is 2.18. The molecule has 1 heterocycles. The molecular formula is C11H7ClINOS2. The van der Waals surface area contributed by atoms with Crippen LogP contribution in [0.2, 0.25) is 5.02 Å². The molecule has 1 N–H and O–H groups in total. The van der Waals surface area contributed by atoms with Crippen molar-refractivity contribution in [3.05, 3.63) is 43.1 Å². The molecule has 0 saturated carbocycles. The first kappa shape index (κ1) is 13.2. The first-order valence-corrected chi connectivity index (χ1v) is 7.38. The standard InChI is InChI=1S/C11H7ClINOS2/c12-8-3-6(13)1-2-9(8)14-11(15)10-4-7(16)5-17-10/h1-5,16H,(H,14,15). The van der Waals surface area contributed by atoms with E-state index in [1.165, 1.54) is 11.3 Å². The minimum atomic E-state index is -0.168. The summed E-state index contributed by atoms with van der Waals surface area (Å²) in [5.74, 6) is -0.168. The average Bonchev–Trinajstić information content (AvgIpc) is 2.69. The van der Waals surface area contributed by atoms with Crippen molar-refractivity contribution in [3.63, 3.8) is 0 Å². The topological polar surface area (TPSA) is 29.1 Å². The summed E-state index contributed by atoms with van der Waals surface area (Å²) in [6.07, 6.45) is 0. The molecule has 0 aliphatic carbocycles. The maximum atomic E-state index is 11.9. The van der Waals surface area contributed by atoms with Crippen LogP contribution >= 0.6 is 58.2 Å². The number of anilines is 1. The predicted octanol–water partition coefficient (Wildman–Crippen LogP) is 4.55. The summed E-state index contributed by atoms with van der Waals surface area (Å²) in [4.78, 5) is 13.3. The number of hydrogen-bond donors (Lipinski definition) is 2. The van der Waals surface area contributed by atoms with Crippen LogP contribution in [0.5, 0.6) is 0 Å². The molecule has 0 aliphatic heterocycles. The Morgan fingerprint density at radius 3 is 2.76 bits per heavy atom. The Bertz CT molecular complexity index is 570. The first-order valence-electron chi connectivity index (χ1n) is 4.60. The van der Waals surface area contributed by atoms with Crippen molar-refractivity contribution in [2.75, 3.05) is 5.32 Å². The summed E-state index contributed by atoms with van der Waals surface area (Å²) in [6, 6.07) is 7.21. The monoisotopic (exact) mass is 395 g/mol. The quantitative estimate of drug-likeness (QED) is 0.567. The van der Waals surface area contributed by atoms with Crippen molar-refractivity contribution < 1.29 is 4.79 Å². The van der Waals surface area contributed by atoms with E-state index >= 15 is 0 Å². The number of carbonyl (C=O) groups excluding carboxylic acids is 1. The van der Waals surface area contributed by atoms with E-state index in [1.807, 2.05) is 11.4 Å². The molecule has 17 heavy (non-hydrogen) atoms. The lowest BCUT2D eigenvalue weighted by atomic mass is 10.3. The third-order valence-corrected chi connectivity index (χ3v) is 4.33. The second-order valence-corrected chi connectivity index (χ2v) is 6.33. The molecule has 0 spiro atoms. The summed E-state index contributed by atoms with van der Waals surface area (Å²) in [5.41, 5.74) is 0.617. The Morgan fingerprint density at radius 2 is 2.18 bits per heavy atom. The molecule has 1 aromatic heterocycles. The Hall–Kier alpha value is -0.240. The number of thiol groups is 1. The number of thiophene rings is 1. The molecule has 0 radical (unpaired) electrons. The zero-order valence-electron chi connectivity index (χ0n) is 8.41. The van der Waals surface area contributed by atoms with Gasteiger partial charge in [0.2, 0.25) is 0 Å². The number of halogens is 2. The van der Waals surface area contributed by atoms with E-state index in [4.69, 9.17) is 11.6 Å². The normalized spacial score (nSPS) is 10.3. The van der Waals surface area contributed by atoms with E-state index in [0.717, 1.165) is 8.47 Å². The van der Waals surface area contributed by atoms with Gasteiger partial charge in [-0.1, -0.05) is 11.6 Å². The van der Waals surface area contributed by atoms with Gasteiger partial charge in [0.1, 0.15) is 0 Å². The van der Waals surface area contributed by atoms with E-state index in [0.29, 0.717) is 15.6 Å². The molecule has 2 rings (SSSR count). The molecular weight excluding hydrogens is 389 g/mol. The highest BCUT2D eigenvalue weighted by Gasteiger charge is 2.10. The summed E-state index contributed by atoms with van der Waals surface area (Å²) in [5, 5.41) is 5.12. The van der Waals surface area contributed by atoms with Crippen molar-refractivity contribution in [1.29, 1.82) is 0 Å². The summed E-state index contributed by atoms with van der Waals surface area (Å²) in [6.45, 7) is 0. The first-order chi connectivity index (χ1) is 8.06. The van der Waals surface area contributed by atoms with E-state index < -0.39 is 0 Å². The van der Waals surface area contributed by atoms with Crippen molar-refractivity contribution in [3.8, 4) is 0 Å². The largest absolute Gasteiger partial charge is 0.320 e. The number of carbonyl (C=O) groups is 1. The van der Waals surface area contributed by atoms with Gasteiger partial charge in [-0.3, -0.25) is 4.79 Å². The molecule has 0 unspecified atom stereocenters. The second-order valence-electron chi connectivity index (χ2n) is 3.25. The highest BCUT2D eigenvalue weighted by atomic mass is 127. The maximum Gasteiger partial charge on any atom is 0.265 e. The Kier molecular flexibility index (Phi) is 4.35. The zero-order valence-corrected chi connectivity index (χ0v) is 13.0. The molecule has 6 heteroatoms. The number of nitrogens with one attached hydrogen (secondary N) is 1. The average molecular weight is 396 g/mol. The fraction of sp³-hybridized carbons (Fsp3) is 0. The van der Waals surface area contributed by atoms with Crippen LogP contribution in [0.25, 0.3) is 0 Å². The van der Waals surface area contributed by atoms with Gasteiger partial charge in [0.25, 0.3) is 5.91 Å². The Labute approximate surface area is 127 Å². The maximum absolute atomic E-state index is 11.9. The third kappa shape index (κ3) is 3.37. The lowest BCUT2D eigenvalue weighted by Crippen LogP contribution is -2.10. The molecule has 1 amide bonds. The van der Waals surface area contributed by atoms with E-state index in [-0.39, 0.29) is 5.91 Å². The van der Waals surface area contributed by atoms with E-state index in [2.05, 4.69) is 40.5 Å². The molecule has 2 nitrogen and oxygen atoms in total. The van der Waals surface area contributed by atoms with Crippen molar-refractivity contribution in [2.45, 2.75) is 4.90 Å². The Morgan fingerprint density at radius 1 is 1.41 bits per heavy atom. The van der Waals surface area contributed by atoms with Crippen LogP contribution in [0, 0.1) is 3.57 Å². The third-order valence-electron chi connectivity index (χ3n) is 1.99. The van der Waals surface area contributed by atoms with Gasteiger partial charge in [-0.2, -0.15) is 0 Å². The smallest absolute Gasteiger partial charge is 0.265 e. The van der Waals surface area contributed by atoms with E-state index in [9.17, 15) is 4.79 Å². The van der Waals surface area contributed by atoms with Gasteiger partial charge in [-0.05, 0) is 46.9 Å². The molecule has 1 aromatic carbocycles. The van der Waals surface area contributed by atoms with Gasteiger partial charge < -0.3 is 5.32 Å². The van der Waals surface area contributed by atoms with Crippen LogP contribution in [-0.4, -0.2) is 5.91 Å². The van der Waals surface area contributed by atoms with Crippen LogP contribution in [-0.2, 0) is 0 Å². The van der Waals surface area contributed by atoms with E-state index in [1.54, 1.807) is 18.2 Å². The van der Waals surface area contributed by atoms with Crippen LogP contribution < -0.4 is 5.32 Å². The molecule has 0 aliphatic rings. The van der Waals surface area contributed by atoms with Gasteiger partial charge in [-0.25, -0.2) is 0 Å². The molecule has 0 atom stereocenters. The van der Waals surface area contributed by atoms with Gasteiger partial charge >= 0.3 is 0 Å². The molecule has 0 fully saturated rings. The van der Waals surface area contributed by atoms with Gasteiger partial charge in [-0.15, -0.1) is 24.0 Å². The minimum absolute atomic E-state index is 0.168. The van der Waals surface area contributed by atoms with Gasteiger partial charge in [0, 0.05) is 13.8 Å². The molecule has 2 aromatic rings. The van der Waals surface area contributed by atoms with Crippen molar-refractivity contribution in [1.82, 2.24) is 0 Å². The fourth-order valence-electron chi connectivity index (χ4n) is 1.22. The SMILES string of the molecule is O=C(Nc1ccc(I)cc1Cl)c1cc(S)cs1. The lowest BCUT2D eigenvalue weighted by molar-refractivity contribution is 0.103. The van der Waals surface area contributed by atoms with Crippen LogP contribution in [0.1, 0.15) is 9.67 Å². The van der Waals surface area contributed by atoms with Crippen LogP contribution in [0.3, 0.4) is 0 Å². The predicted molar refractivity (Wildman–Crippen MR) is 83.7 cm³/mol. The van der Waals surface area contributed by atoms with Crippen LogP contribution in [0.4, 0.5) is 5.69 Å². The minimum Gasteiger partial charge on any atom is -0.320 e. The number of benzene rings is 1. The molecule has 88 valence electrons. The summed E-state index contributed by atoms with van der Waals surface area (Å²) < 4.78 is 1.03. The number of hydrogen-bond acceptors (Lipinski definition) is 3. The number of amides is 1.